The molecule has 20 heavy (non-hydrogen) atoms. The molecule has 1 rings (SSSR count). The first-order valence-corrected chi connectivity index (χ1v) is 6.40. The predicted molar refractivity (Wildman–Crippen MR) is 70.9 cm³/mol. The Morgan fingerprint density at radius 3 is 2.50 bits per heavy atom. The largest absolute Gasteiger partial charge is 0.467 e. The van der Waals surface area contributed by atoms with Gasteiger partial charge in [0.25, 0.3) is 0 Å². The molecular formula is C12H20N4O4. The lowest BCUT2D eigenvalue weighted by Gasteiger charge is -2.37. The van der Waals surface area contributed by atoms with Gasteiger partial charge in [-0.3, -0.25) is 4.90 Å². The maximum atomic E-state index is 12.2. The number of azide groups is 1. The fourth-order valence-electron chi connectivity index (χ4n) is 2.02. The summed E-state index contributed by atoms with van der Waals surface area (Å²) in [5.41, 5.74) is 7.82. The standard InChI is InChI=1S/C12H20N4O4/c1-12(2,3)20-11(18)16-7-8(14-15-13)5-6-9(16)10(17)19-4/h8-9H,5-7H2,1-4H3/t8?,9-/m0/s1. The molecule has 0 spiro atoms. The normalized spacial score (nSPS) is 22.7. The molecule has 2 atom stereocenters. The van der Waals surface area contributed by atoms with Gasteiger partial charge in [-0.2, -0.15) is 0 Å². The monoisotopic (exact) mass is 284 g/mol. The van der Waals surface area contributed by atoms with Crippen LogP contribution < -0.4 is 0 Å². The summed E-state index contributed by atoms with van der Waals surface area (Å²) in [6.07, 6.45) is 0.310. The Balaban J connectivity index is 2.88. The molecule has 0 aromatic rings. The Kier molecular flexibility index (Phi) is 5.21. The Morgan fingerprint density at radius 1 is 1.35 bits per heavy atom. The van der Waals surface area contributed by atoms with Crippen LogP contribution in [0.25, 0.3) is 10.4 Å². The molecule has 0 radical (unpaired) electrons. The zero-order valence-corrected chi connectivity index (χ0v) is 12.2. The van der Waals surface area contributed by atoms with Gasteiger partial charge in [-0.15, -0.1) is 0 Å². The molecule has 1 heterocycles. The van der Waals surface area contributed by atoms with E-state index in [0.29, 0.717) is 12.8 Å². The van der Waals surface area contributed by atoms with Crippen LogP contribution in [0.4, 0.5) is 4.79 Å². The average molecular weight is 284 g/mol. The van der Waals surface area contributed by atoms with Crippen molar-refractivity contribution >= 4 is 12.1 Å². The van der Waals surface area contributed by atoms with Gasteiger partial charge in [-0.1, -0.05) is 5.11 Å². The van der Waals surface area contributed by atoms with Crippen molar-refractivity contribution in [1.29, 1.82) is 0 Å². The first-order valence-electron chi connectivity index (χ1n) is 6.40. The molecule has 1 saturated heterocycles. The number of hydrogen-bond acceptors (Lipinski definition) is 5. The van der Waals surface area contributed by atoms with Gasteiger partial charge >= 0.3 is 12.1 Å². The fourth-order valence-corrected chi connectivity index (χ4v) is 2.02. The summed E-state index contributed by atoms with van der Waals surface area (Å²) in [5.74, 6) is -0.491. The van der Waals surface area contributed by atoms with Crippen molar-refractivity contribution in [3.05, 3.63) is 10.4 Å². The molecule has 8 nitrogen and oxygen atoms in total. The molecule has 112 valence electrons. The number of carbonyl (C=O) groups is 2. The zero-order chi connectivity index (χ0) is 15.3. The zero-order valence-electron chi connectivity index (χ0n) is 12.2. The van der Waals surface area contributed by atoms with E-state index in [9.17, 15) is 9.59 Å². The lowest BCUT2D eigenvalue weighted by molar-refractivity contribution is -0.148. The summed E-state index contributed by atoms with van der Waals surface area (Å²) >= 11 is 0. The van der Waals surface area contributed by atoms with E-state index in [1.165, 1.54) is 12.0 Å². The second-order valence-electron chi connectivity index (χ2n) is 5.61. The predicted octanol–water partition coefficient (Wildman–Crippen LogP) is 2.24. The molecule has 0 saturated carbocycles. The van der Waals surface area contributed by atoms with E-state index in [0.717, 1.165) is 0 Å². The average Bonchev–Trinajstić information content (AvgIpc) is 2.36. The number of amides is 1. The van der Waals surface area contributed by atoms with Gasteiger partial charge in [0.15, 0.2) is 0 Å². The quantitative estimate of drug-likeness (QED) is 0.335. The minimum atomic E-state index is -0.694. The number of rotatable bonds is 2. The van der Waals surface area contributed by atoms with E-state index >= 15 is 0 Å². The minimum Gasteiger partial charge on any atom is -0.467 e. The van der Waals surface area contributed by atoms with Crippen molar-refractivity contribution in [2.75, 3.05) is 13.7 Å². The van der Waals surface area contributed by atoms with Gasteiger partial charge in [0.2, 0.25) is 0 Å². The van der Waals surface area contributed by atoms with Crippen LogP contribution in [0.5, 0.6) is 0 Å². The molecule has 0 aliphatic carbocycles. The van der Waals surface area contributed by atoms with Gasteiger partial charge in [0.1, 0.15) is 11.6 Å². The molecular weight excluding hydrogens is 264 g/mol. The summed E-state index contributed by atoms with van der Waals surface area (Å²) in [7, 11) is 1.27. The highest BCUT2D eigenvalue weighted by atomic mass is 16.6. The van der Waals surface area contributed by atoms with Crippen LogP contribution in [0.15, 0.2) is 5.11 Å². The van der Waals surface area contributed by atoms with Crippen LogP contribution >= 0.6 is 0 Å². The SMILES string of the molecule is COC(=O)[C@@H]1CCC(N=[N+]=[N-])CN1C(=O)OC(C)(C)C. The van der Waals surface area contributed by atoms with Crippen LogP contribution in [0.2, 0.25) is 0 Å². The first-order chi connectivity index (χ1) is 9.28. The number of esters is 1. The Hall–Kier alpha value is -1.95. The van der Waals surface area contributed by atoms with Crippen molar-refractivity contribution in [2.45, 2.75) is 51.3 Å². The second kappa shape index (κ2) is 6.47. The van der Waals surface area contributed by atoms with Crippen molar-refractivity contribution in [3.8, 4) is 0 Å². The molecule has 0 bridgehead atoms. The smallest absolute Gasteiger partial charge is 0.411 e. The highest BCUT2D eigenvalue weighted by molar-refractivity contribution is 5.81. The van der Waals surface area contributed by atoms with E-state index in [4.69, 9.17) is 15.0 Å². The molecule has 8 heteroatoms. The van der Waals surface area contributed by atoms with Crippen molar-refractivity contribution in [2.24, 2.45) is 5.11 Å². The molecule has 0 aromatic heterocycles. The maximum absolute atomic E-state index is 12.2. The highest BCUT2D eigenvalue weighted by Crippen LogP contribution is 2.23. The van der Waals surface area contributed by atoms with Crippen LogP contribution in [0.1, 0.15) is 33.6 Å². The van der Waals surface area contributed by atoms with E-state index in [1.807, 2.05) is 0 Å². The molecule has 0 aromatic carbocycles. The number of carbonyl (C=O) groups excluding carboxylic acids is 2. The van der Waals surface area contributed by atoms with Crippen molar-refractivity contribution in [3.63, 3.8) is 0 Å². The molecule has 1 unspecified atom stereocenters. The topological polar surface area (TPSA) is 105 Å². The summed E-state index contributed by atoms with van der Waals surface area (Å²) in [5, 5.41) is 3.61. The lowest BCUT2D eigenvalue weighted by Crippen LogP contribution is -2.53. The summed E-state index contributed by atoms with van der Waals surface area (Å²) < 4.78 is 9.98. The molecule has 1 amide bonds. The van der Waals surface area contributed by atoms with Crippen molar-refractivity contribution in [1.82, 2.24) is 4.90 Å². The van der Waals surface area contributed by atoms with Crippen LogP contribution in [-0.2, 0) is 14.3 Å². The summed E-state index contributed by atoms with van der Waals surface area (Å²) in [6, 6.07) is -1.05. The molecule has 1 aliphatic rings. The Bertz CT molecular complexity index is 426. The van der Waals surface area contributed by atoms with Crippen LogP contribution in [0, 0.1) is 0 Å². The van der Waals surface area contributed by atoms with Gasteiger partial charge in [0, 0.05) is 11.5 Å². The Morgan fingerprint density at radius 2 is 2.00 bits per heavy atom. The maximum Gasteiger partial charge on any atom is 0.411 e. The Labute approximate surface area is 117 Å². The third-order valence-electron chi connectivity index (χ3n) is 2.87. The number of ether oxygens (including phenoxy) is 2. The number of methoxy groups -OCH3 is 1. The van der Waals surface area contributed by atoms with Gasteiger partial charge < -0.3 is 9.47 Å². The minimum absolute atomic E-state index is 0.152. The number of piperidine rings is 1. The van der Waals surface area contributed by atoms with E-state index in [2.05, 4.69) is 10.0 Å². The second-order valence-corrected chi connectivity index (χ2v) is 5.61. The third kappa shape index (κ3) is 4.31. The number of likely N-dealkylation sites (tertiary alicyclic amines) is 1. The van der Waals surface area contributed by atoms with E-state index in [1.54, 1.807) is 20.8 Å². The van der Waals surface area contributed by atoms with E-state index in [-0.39, 0.29) is 12.6 Å². The molecule has 0 N–H and O–H groups in total. The van der Waals surface area contributed by atoms with Gasteiger partial charge in [-0.05, 0) is 39.1 Å². The van der Waals surface area contributed by atoms with Crippen LogP contribution in [-0.4, -0.2) is 48.3 Å². The number of hydrogen-bond donors (Lipinski definition) is 0. The third-order valence-corrected chi connectivity index (χ3v) is 2.87. The fraction of sp³-hybridized carbons (Fsp3) is 0.833. The van der Waals surface area contributed by atoms with Gasteiger partial charge in [0.05, 0.1) is 13.2 Å². The van der Waals surface area contributed by atoms with E-state index < -0.39 is 23.7 Å². The molecule has 1 fully saturated rings. The highest BCUT2D eigenvalue weighted by Gasteiger charge is 2.38. The van der Waals surface area contributed by atoms with Gasteiger partial charge in [-0.25, -0.2) is 9.59 Å². The summed E-state index contributed by atoms with van der Waals surface area (Å²) in [6.45, 7) is 5.38. The van der Waals surface area contributed by atoms with Crippen LogP contribution in [0.3, 0.4) is 0 Å². The first kappa shape index (κ1) is 16.1. The number of nitrogens with zero attached hydrogens (tertiary/aromatic N) is 4. The lowest BCUT2D eigenvalue weighted by atomic mass is 9.99. The van der Waals surface area contributed by atoms with Crippen molar-refractivity contribution < 1.29 is 19.1 Å². The summed E-state index contributed by atoms with van der Waals surface area (Å²) in [4.78, 5) is 27.9. The molecule has 1 aliphatic heterocycles.